The summed E-state index contributed by atoms with van der Waals surface area (Å²) in [7, 11) is 0. The molecule has 1 amide bonds. The highest BCUT2D eigenvalue weighted by Crippen LogP contribution is 2.24. The van der Waals surface area contributed by atoms with Crippen LogP contribution in [0.2, 0.25) is 5.02 Å². The molecular formula is C15H12ClNO4. The van der Waals surface area contributed by atoms with Crippen LogP contribution in [0.3, 0.4) is 0 Å². The molecule has 0 aliphatic rings. The van der Waals surface area contributed by atoms with Crippen LogP contribution in [0, 0.1) is 6.92 Å². The lowest BCUT2D eigenvalue weighted by Gasteiger charge is -2.10. The number of rotatable bonds is 3. The second-order valence-corrected chi connectivity index (χ2v) is 4.80. The average molecular weight is 306 g/mol. The fourth-order valence-electron chi connectivity index (χ4n) is 1.83. The second kappa shape index (κ2) is 5.85. The molecule has 3 N–H and O–H groups in total. The quantitative estimate of drug-likeness (QED) is 0.759. The van der Waals surface area contributed by atoms with Gasteiger partial charge < -0.3 is 15.5 Å². The largest absolute Gasteiger partial charge is 0.508 e. The lowest BCUT2D eigenvalue weighted by atomic mass is 10.1. The van der Waals surface area contributed by atoms with Crippen molar-refractivity contribution in [3.05, 3.63) is 58.1 Å². The topological polar surface area (TPSA) is 86.6 Å². The van der Waals surface area contributed by atoms with Crippen LogP contribution in [-0.2, 0) is 0 Å². The number of carboxylic acid groups (broad SMARTS) is 1. The third-order valence-electron chi connectivity index (χ3n) is 2.92. The molecule has 2 aromatic carbocycles. The first-order valence-corrected chi connectivity index (χ1v) is 6.40. The summed E-state index contributed by atoms with van der Waals surface area (Å²) in [5.74, 6) is -1.97. The van der Waals surface area contributed by atoms with Gasteiger partial charge in [-0.25, -0.2) is 4.79 Å². The highest BCUT2D eigenvalue weighted by molar-refractivity contribution is 6.35. The first-order chi connectivity index (χ1) is 9.90. The van der Waals surface area contributed by atoms with E-state index in [0.717, 1.165) is 11.6 Å². The molecular weight excluding hydrogens is 294 g/mol. The zero-order valence-electron chi connectivity index (χ0n) is 11.1. The van der Waals surface area contributed by atoms with E-state index in [1.807, 2.05) is 0 Å². The zero-order valence-corrected chi connectivity index (χ0v) is 11.8. The van der Waals surface area contributed by atoms with Crippen LogP contribution in [0.15, 0.2) is 36.4 Å². The summed E-state index contributed by atoms with van der Waals surface area (Å²) in [6, 6.07) is 8.68. The Kier molecular flexibility index (Phi) is 4.14. The predicted octanol–water partition coefficient (Wildman–Crippen LogP) is 3.30. The standard InChI is InChI=1S/C15H12ClNO4/c1-8-3-2-4-10(13(8)16)14(19)17-12-6-5-9(18)7-11(12)15(20)21/h2-7,18H,1H3,(H,17,19)(H,20,21). The van der Waals surface area contributed by atoms with Gasteiger partial charge in [0.15, 0.2) is 0 Å². The number of carbonyl (C=O) groups is 2. The molecule has 0 saturated heterocycles. The van der Waals surface area contributed by atoms with Crippen molar-refractivity contribution in [3.63, 3.8) is 0 Å². The van der Waals surface area contributed by atoms with E-state index in [-0.39, 0.29) is 22.6 Å². The molecule has 2 aromatic rings. The number of amides is 1. The number of hydrogen-bond acceptors (Lipinski definition) is 3. The summed E-state index contributed by atoms with van der Waals surface area (Å²) in [6.45, 7) is 1.77. The molecule has 2 rings (SSSR count). The van der Waals surface area contributed by atoms with Crippen LogP contribution >= 0.6 is 11.6 Å². The van der Waals surface area contributed by atoms with Gasteiger partial charge in [0.2, 0.25) is 0 Å². The van der Waals surface area contributed by atoms with Gasteiger partial charge in [-0.1, -0.05) is 23.7 Å². The maximum absolute atomic E-state index is 12.2. The third kappa shape index (κ3) is 3.14. The predicted molar refractivity (Wildman–Crippen MR) is 79.2 cm³/mol. The fourth-order valence-corrected chi connectivity index (χ4v) is 2.04. The van der Waals surface area contributed by atoms with E-state index in [4.69, 9.17) is 16.7 Å². The Labute approximate surface area is 125 Å². The molecule has 0 saturated carbocycles. The van der Waals surface area contributed by atoms with Crippen LogP contribution in [-0.4, -0.2) is 22.1 Å². The molecule has 0 unspecified atom stereocenters. The SMILES string of the molecule is Cc1cccc(C(=O)Nc2ccc(O)cc2C(=O)O)c1Cl. The molecule has 5 nitrogen and oxygen atoms in total. The number of phenols is 1. The van der Waals surface area contributed by atoms with Crippen molar-refractivity contribution in [2.24, 2.45) is 0 Å². The van der Waals surface area contributed by atoms with Gasteiger partial charge in [0.1, 0.15) is 5.75 Å². The summed E-state index contributed by atoms with van der Waals surface area (Å²) in [6.07, 6.45) is 0. The number of aromatic hydroxyl groups is 1. The minimum atomic E-state index is -1.25. The average Bonchev–Trinajstić information content (AvgIpc) is 2.43. The first kappa shape index (κ1) is 14.9. The summed E-state index contributed by atoms with van der Waals surface area (Å²) in [5, 5.41) is 21.2. The number of benzene rings is 2. The Bertz CT molecular complexity index is 728. The molecule has 0 aliphatic carbocycles. The summed E-state index contributed by atoms with van der Waals surface area (Å²) >= 11 is 6.06. The third-order valence-corrected chi connectivity index (χ3v) is 3.42. The van der Waals surface area contributed by atoms with Crippen LogP contribution in [0.5, 0.6) is 5.75 Å². The van der Waals surface area contributed by atoms with Gasteiger partial charge in [0, 0.05) is 0 Å². The number of hydrogen-bond donors (Lipinski definition) is 3. The van der Waals surface area contributed by atoms with E-state index in [1.165, 1.54) is 12.1 Å². The van der Waals surface area contributed by atoms with E-state index in [0.29, 0.717) is 5.02 Å². The molecule has 0 spiro atoms. The number of carbonyl (C=O) groups excluding carboxylic acids is 1. The fraction of sp³-hybridized carbons (Fsp3) is 0.0667. The van der Waals surface area contributed by atoms with Crippen LogP contribution in [0.25, 0.3) is 0 Å². The van der Waals surface area contributed by atoms with Crippen molar-refractivity contribution < 1.29 is 19.8 Å². The summed E-state index contributed by atoms with van der Waals surface area (Å²) in [4.78, 5) is 23.3. The van der Waals surface area contributed by atoms with Crippen molar-refractivity contribution in [3.8, 4) is 5.75 Å². The van der Waals surface area contributed by atoms with E-state index >= 15 is 0 Å². The van der Waals surface area contributed by atoms with E-state index in [9.17, 15) is 14.7 Å². The van der Waals surface area contributed by atoms with Gasteiger partial charge in [-0.15, -0.1) is 0 Å². The van der Waals surface area contributed by atoms with Crippen LogP contribution in [0.1, 0.15) is 26.3 Å². The Balaban J connectivity index is 2.36. The van der Waals surface area contributed by atoms with Gasteiger partial charge >= 0.3 is 5.97 Å². The maximum Gasteiger partial charge on any atom is 0.337 e. The lowest BCUT2D eigenvalue weighted by molar-refractivity contribution is 0.0697. The Morgan fingerprint density at radius 3 is 2.52 bits per heavy atom. The summed E-state index contributed by atoms with van der Waals surface area (Å²) in [5.41, 5.74) is 0.879. The van der Waals surface area contributed by atoms with Gasteiger partial charge in [-0.05, 0) is 36.8 Å². The molecule has 0 bridgehead atoms. The smallest absolute Gasteiger partial charge is 0.337 e. The van der Waals surface area contributed by atoms with Gasteiger partial charge in [0.05, 0.1) is 21.8 Å². The molecule has 0 fully saturated rings. The second-order valence-electron chi connectivity index (χ2n) is 4.43. The minimum Gasteiger partial charge on any atom is -0.508 e. The number of aromatic carboxylic acids is 1. The Morgan fingerprint density at radius 2 is 1.86 bits per heavy atom. The molecule has 6 heteroatoms. The monoisotopic (exact) mass is 305 g/mol. The van der Waals surface area contributed by atoms with Gasteiger partial charge in [-0.3, -0.25) is 4.79 Å². The first-order valence-electron chi connectivity index (χ1n) is 6.03. The maximum atomic E-state index is 12.2. The molecule has 108 valence electrons. The Hall–Kier alpha value is -2.53. The Morgan fingerprint density at radius 1 is 1.14 bits per heavy atom. The number of halogens is 1. The number of nitrogens with one attached hydrogen (secondary N) is 1. The van der Waals surface area contributed by atoms with Crippen molar-refractivity contribution in [2.45, 2.75) is 6.92 Å². The molecule has 0 atom stereocenters. The number of anilines is 1. The van der Waals surface area contributed by atoms with Gasteiger partial charge in [0.25, 0.3) is 5.91 Å². The van der Waals surface area contributed by atoms with E-state index in [1.54, 1.807) is 25.1 Å². The van der Waals surface area contributed by atoms with Crippen molar-refractivity contribution in [1.29, 1.82) is 0 Å². The molecule has 0 aromatic heterocycles. The number of carboxylic acids is 1. The number of phenolic OH excluding ortho intramolecular Hbond substituents is 1. The molecule has 0 aliphatic heterocycles. The molecule has 0 heterocycles. The van der Waals surface area contributed by atoms with Crippen molar-refractivity contribution >= 4 is 29.2 Å². The minimum absolute atomic E-state index is 0.0860. The van der Waals surface area contributed by atoms with Crippen molar-refractivity contribution in [1.82, 2.24) is 0 Å². The van der Waals surface area contributed by atoms with Crippen LogP contribution in [0.4, 0.5) is 5.69 Å². The number of aryl methyl sites for hydroxylation is 1. The highest BCUT2D eigenvalue weighted by atomic mass is 35.5. The molecule has 0 radical (unpaired) electrons. The summed E-state index contributed by atoms with van der Waals surface area (Å²) < 4.78 is 0. The van der Waals surface area contributed by atoms with Gasteiger partial charge in [-0.2, -0.15) is 0 Å². The van der Waals surface area contributed by atoms with E-state index < -0.39 is 11.9 Å². The normalized spacial score (nSPS) is 10.2. The zero-order chi connectivity index (χ0) is 15.6. The highest BCUT2D eigenvalue weighted by Gasteiger charge is 2.16. The van der Waals surface area contributed by atoms with E-state index in [2.05, 4.69) is 5.32 Å². The molecule has 21 heavy (non-hydrogen) atoms. The lowest BCUT2D eigenvalue weighted by Crippen LogP contribution is -2.15. The van der Waals surface area contributed by atoms with Crippen molar-refractivity contribution in [2.75, 3.05) is 5.32 Å². The van der Waals surface area contributed by atoms with Crippen LogP contribution < -0.4 is 5.32 Å².